The molecule has 0 aliphatic carbocycles. The molecule has 0 fully saturated rings. The van der Waals surface area contributed by atoms with Crippen molar-refractivity contribution in [2.24, 2.45) is 0 Å². The Morgan fingerprint density at radius 2 is 1.94 bits per heavy atom. The fourth-order valence-corrected chi connectivity index (χ4v) is 1.52. The van der Waals surface area contributed by atoms with E-state index in [0.29, 0.717) is 0 Å². The van der Waals surface area contributed by atoms with Crippen molar-refractivity contribution >= 4 is 17.8 Å². The molecule has 2 nitrogen and oxygen atoms in total. The van der Waals surface area contributed by atoms with Gasteiger partial charge in [-0.2, -0.15) is 0 Å². The van der Waals surface area contributed by atoms with Gasteiger partial charge in [0.25, 0.3) is 0 Å². The van der Waals surface area contributed by atoms with Gasteiger partial charge >= 0.3 is 0 Å². The van der Waals surface area contributed by atoms with Crippen LogP contribution in [0.2, 0.25) is 0 Å². The molecule has 0 unspecified atom stereocenters. The minimum absolute atomic E-state index is 0.796. The van der Waals surface area contributed by atoms with Crippen LogP contribution >= 0.6 is 0 Å². The van der Waals surface area contributed by atoms with E-state index in [1.165, 1.54) is 0 Å². The van der Waals surface area contributed by atoms with Crippen LogP contribution in [0.3, 0.4) is 0 Å². The zero-order valence-corrected chi connectivity index (χ0v) is 9.22. The third-order valence-electron chi connectivity index (χ3n) is 2.37. The van der Waals surface area contributed by atoms with Gasteiger partial charge in [-0.15, -0.1) is 0 Å². The minimum Gasteiger partial charge on any atom is -0.398 e. The van der Waals surface area contributed by atoms with Crippen molar-refractivity contribution in [3.8, 4) is 0 Å². The minimum atomic E-state index is 0.796. The summed E-state index contributed by atoms with van der Waals surface area (Å²) >= 11 is 0. The number of nitrogen functional groups attached to an aromatic ring is 1. The first-order valence-corrected chi connectivity index (χ1v) is 5.21. The Labute approximate surface area is 95.5 Å². The number of para-hydroxylation sites is 1. The largest absolute Gasteiger partial charge is 0.398 e. The van der Waals surface area contributed by atoms with Gasteiger partial charge in [0.2, 0.25) is 0 Å². The smallest absolute Gasteiger partial charge is 0.0387 e. The van der Waals surface area contributed by atoms with Crippen molar-refractivity contribution < 1.29 is 0 Å². The predicted octanol–water partition coefficient (Wildman–Crippen LogP) is 3.14. The highest BCUT2D eigenvalue weighted by Gasteiger charge is 1.92. The van der Waals surface area contributed by atoms with E-state index in [4.69, 9.17) is 5.73 Å². The lowest BCUT2D eigenvalue weighted by Crippen LogP contribution is -1.87. The molecule has 0 amide bonds. The lowest BCUT2D eigenvalue weighted by atomic mass is 10.1. The van der Waals surface area contributed by atoms with E-state index in [2.05, 4.69) is 4.98 Å². The second-order valence-corrected chi connectivity index (χ2v) is 3.69. The van der Waals surface area contributed by atoms with E-state index in [9.17, 15) is 0 Å². The Hall–Kier alpha value is -2.09. The number of nitrogens with zero attached hydrogens (tertiary/aromatic N) is 1. The third-order valence-corrected chi connectivity index (χ3v) is 2.37. The lowest BCUT2D eigenvalue weighted by molar-refractivity contribution is 1.20. The fraction of sp³-hybridized carbons (Fsp3) is 0.0714. The summed E-state index contributed by atoms with van der Waals surface area (Å²) in [7, 11) is 0. The van der Waals surface area contributed by atoms with E-state index in [-0.39, 0.29) is 0 Å². The van der Waals surface area contributed by atoms with Gasteiger partial charge in [0.05, 0.1) is 0 Å². The van der Waals surface area contributed by atoms with E-state index >= 15 is 0 Å². The summed E-state index contributed by atoms with van der Waals surface area (Å²) in [5.74, 6) is 0. The molecule has 1 aromatic heterocycles. The molecule has 0 radical (unpaired) electrons. The molecule has 1 heterocycles. The van der Waals surface area contributed by atoms with Crippen molar-refractivity contribution in [1.29, 1.82) is 0 Å². The molecule has 0 spiro atoms. The quantitative estimate of drug-likeness (QED) is 0.773. The van der Waals surface area contributed by atoms with E-state index < -0.39 is 0 Å². The average molecular weight is 210 g/mol. The number of hydrogen-bond donors (Lipinski definition) is 1. The zero-order valence-electron chi connectivity index (χ0n) is 9.22. The molecule has 16 heavy (non-hydrogen) atoms. The van der Waals surface area contributed by atoms with Gasteiger partial charge < -0.3 is 5.73 Å². The van der Waals surface area contributed by atoms with Crippen molar-refractivity contribution in [3.63, 3.8) is 0 Å². The second kappa shape index (κ2) is 4.62. The first-order chi connectivity index (χ1) is 7.75. The number of anilines is 1. The van der Waals surface area contributed by atoms with E-state index in [0.717, 1.165) is 22.5 Å². The normalized spacial score (nSPS) is 10.8. The van der Waals surface area contributed by atoms with Crippen LogP contribution in [0.15, 0.2) is 42.6 Å². The van der Waals surface area contributed by atoms with Gasteiger partial charge in [0.1, 0.15) is 0 Å². The summed E-state index contributed by atoms with van der Waals surface area (Å²) in [4.78, 5) is 4.15. The maximum absolute atomic E-state index is 5.85. The highest BCUT2D eigenvalue weighted by molar-refractivity contribution is 5.75. The fourth-order valence-electron chi connectivity index (χ4n) is 1.52. The van der Waals surface area contributed by atoms with Gasteiger partial charge in [-0.05, 0) is 36.2 Å². The number of aryl methyl sites for hydroxylation is 1. The number of pyridine rings is 1. The topological polar surface area (TPSA) is 38.9 Å². The molecule has 2 heteroatoms. The molecule has 80 valence electrons. The van der Waals surface area contributed by atoms with Crippen molar-refractivity contribution in [2.75, 3.05) is 5.73 Å². The van der Waals surface area contributed by atoms with Crippen LogP contribution < -0.4 is 5.73 Å². The predicted molar refractivity (Wildman–Crippen MR) is 68.8 cm³/mol. The van der Waals surface area contributed by atoms with Crippen LogP contribution in [-0.2, 0) is 0 Å². The van der Waals surface area contributed by atoms with Crippen LogP contribution in [0.5, 0.6) is 0 Å². The van der Waals surface area contributed by atoms with Crippen LogP contribution in [0, 0.1) is 6.92 Å². The Morgan fingerprint density at radius 1 is 1.12 bits per heavy atom. The van der Waals surface area contributed by atoms with Gasteiger partial charge in [0.15, 0.2) is 0 Å². The molecular formula is C14H14N2. The van der Waals surface area contributed by atoms with Crippen LogP contribution in [0.4, 0.5) is 5.69 Å². The maximum atomic E-state index is 5.85. The summed E-state index contributed by atoms with van der Waals surface area (Å²) in [6, 6.07) is 11.8. The Bertz CT molecular complexity index is 516. The van der Waals surface area contributed by atoms with E-state index in [1.807, 2.05) is 61.7 Å². The van der Waals surface area contributed by atoms with Gasteiger partial charge in [-0.25, -0.2) is 0 Å². The van der Waals surface area contributed by atoms with Gasteiger partial charge in [0, 0.05) is 17.6 Å². The molecule has 0 atom stereocenters. The van der Waals surface area contributed by atoms with Crippen molar-refractivity contribution in [1.82, 2.24) is 4.98 Å². The summed E-state index contributed by atoms with van der Waals surface area (Å²) in [6.45, 7) is 1.98. The van der Waals surface area contributed by atoms with Crippen LogP contribution in [0.25, 0.3) is 12.2 Å². The Balaban J connectivity index is 2.25. The van der Waals surface area contributed by atoms with Gasteiger partial charge in [-0.1, -0.05) is 30.4 Å². The summed E-state index contributed by atoms with van der Waals surface area (Å²) in [6.07, 6.45) is 5.87. The van der Waals surface area contributed by atoms with Crippen molar-refractivity contribution in [2.45, 2.75) is 6.92 Å². The molecule has 2 N–H and O–H groups in total. The molecule has 2 rings (SSSR count). The molecule has 0 saturated carbocycles. The SMILES string of the molecule is Cc1cc(C=Cc2ccccc2N)ccn1. The van der Waals surface area contributed by atoms with Crippen LogP contribution in [-0.4, -0.2) is 4.98 Å². The molecule has 0 saturated heterocycles. The Morgan fingerprint density at radius 3 is 2.69 bits per heavy atom. The second-order valence-electron chi connectivity index (χ2n) is 3.69. The third kappa shape index (κ3) is 2.48. The summed E-state index contributed by atoms with van der Waals surface area (Å²) < 4.78 is 0. The van der Waals surface area contributed by atoms with Crippen molar-refractivity contribution in [3.05, 3.63) is 59.4 Å². The number of benzene rings is 1. The highest BCUT2D eigenvalue weighted by atomic mass is 14.6. The summed E-state index contributed by atoms with van der Waals surface area (Å²) in [5.41, 5.74) is 9.84. The summed E-state index contributed by atoms with van der Waals surface area (Å²) in [5, 5.41) is 0. The molecule has 1 aromatic carbocycles. The first-order valence-electron chi connectivity index (χ1n) is 5.21. The monoisotopic (exact) mass is 210 g/mol. The molecular weight excluding hydrogens is 196 g/mol. The Kier molecular flexibility index (Phi) is 3.01. The first kappa shape index (κ1) is 10.4. The molecule has 0 bridgehead atoms. The maximum Gasteiger partial charge on any atom is 0.0387 e. The average Bonchev–Trinajstić information content (AvgIpc) is 2.28. The lowest BCUT2D eigenvalue weighted by Gasteiger charge is -1.99. The molecule has 2 aromatic rings. The van der Waals surface area contributed by atoms with Crippen LogP contribution in [0.1, 0.15) is 16.8 Å². The molecule has 0 aliphatic rings. The zero-order chi connectivity index (χ0) is 11.4. The number of aromatic nitrogens is 1. The van der Waals surface area contributed by atoms with E-state index in [1.54, 1.807) is 0 Å². The highest BCUT2D eigenvalue weighted by Crippen LogP contribution is 2.14. The standard InChI is InChI=1S/C14H14N2/c1-11-10-12(8-9-16-11)6-7-13-4-2-3-5-14(13)15/h2-10H,15H2,1H3. The number of nitrogens with two attached hydrogens (primary N) is 1. The number of rotatable bonds is 2. The molecule has 0 aliphatic heterocycles. The number of hydrogen-bond acceptors (Lipinski definition) is 2. The van der Waals surface area contributed by atoms with Gasteiger partial charge in [-0.3, -0.25) is 4.98 Å².